The van der Waals surface area contributed by atoms with Crippen LogP contribution in [0.4, 0.5) is 13.6 Å². The maximum atomic E-state index is 13.7. The first-order chi connectivity index (χ1) is 8.65. The third-order valence-corrected chi connectivity index (χ3v) is 3.16. The lowest BCUT2D eigenvalue weighted by Gasteiger charge is -2.36. The molecular formula is C13H24F2N2O2. The van der Waals surface area contributed by atoms with Gasteiger partial charge in [0.1, 0.15) is 5.60 Å². The summed E-state index contributed by atoms with van der Waals surface area (Å²) in [5, 5.41) is 2.52. The first-order valence-electron chi connectivity index (χ1n) is 6.66. The number of hydrogen-bond acceptors (Lipinski definition) is 3. The highest BCUT2D eigenvalue weighted by Crippen LogP contribution is 2.33. The highest BCUT2D eigenvalue weighted by Gasteiger charge is 2.41. The molecule has 1 rings (SSSR count). The Balaban J connectivity index is 2.47. The molecule has 6 heteroatoms. The summed E-state index contributed by atoms with van der Waals surface area (Å²) < 4.78 is 32.7. The quantitative estimate of drug-likeness (QED) is 0.862. The Morgan fingerprint density at radius 2 is 1.84 bits per heavy atom. The number of piperidine rings is 1. The van der Waals surface area contributed by atoms with E-state index in [4.69, 9.17) is 4.74 Å². The number of hydrogen-bond donors (Lipinski definition) is 1. The molecule has 1 aliphatic heterocycles. The van der Waals surface area contributed by atoms with Gasteiger partial charge in [0, 0.05) is 19.0 Å². The number of ether oxygens (including phenoxy) is 1. The average Bonchev–Trinajstić information content (AvgIpc) is 2.27. The predicted molar refractivity (Wildman–Crippen MR) is 69.4 cm³/mol. The topological polar surface area (TPSA) is 41.6 Å². The normalized spacial score (nSPS) is 18.5. The molecule has 0 bridgehead atoms. The zero-order valence-electron chi connectivity index (χ0n) is 12.1. The fraction of sp³-hybridized carbons (Fsp3) is 0.923. The highest BCUT2D eigenvalue weighted by atomic mass is 19.3. The summed E-state index contributed by atoms with van der Waals surface area (Å²) in [5.41, 5.74) is -0.552. The molecule has 0 aliphatic carbocycles. The van der Waals surface area contributed by atoms with Crippen molar-refractivity contribution in [3.63, 3.8) is 0 Å². The molecule has 0 aromatic rings. The van der Waals surface area contributed by atoms with Crippen molar-refractivity contribution in [2.45, 2.75) is 45.1 Å². The fourth-order valence-corrected chi connectivity index (χ4v) is 2.19. The fourth-order valence-electron chi connectivity index (χ4n) is 2.19. The molecule has 0 aromatic carbocycles. The van der Waals surface area contributed by atoms with Crippen LogP contribution in [-0.4, -0.2) is 49.2 Å². The minimum absolute atomic E-state index is 0.313. The highest BCUT2D eigenvalue weighted by molar-refractivity contribution is 5.68. The van der Waals surface area contributed by atoms with Gasteiger partial charge < -0.3 is 15.0 Å². The Labute approximate surface area is 113 Å². The standard InChI is InChI=1S/C13H24F2N2O2/c1-12(2,3)19-11(18)17-7-5-10(6-8-17)13(14,15)9-16-4/h10,16H,5-9H2,1-4H3. The molecule has 19 heavy (non-hydrogen) atoms. The van der Waals surface area contributed by atoms with Gasteiger partial charge in [-0.25, -0.2) is 13.6 Å². The van der Waals surface area contributed by atoms with E-state index < -0.39 is 23.5 Å². The lowest BCUT2D eigenvalue weighted by atomic mass is 9.90. The molecule has 1 heterocycles. The van der Waals surface area contributed by atoms with Gasteiger partial charge in [0.2, 0.25) is 0 Å². The van der Waals surface area contributed by atoms with E-state index in [0.717, 1.165) is 0 Å². The van der Waals surface area contributed by atoms with E-state index in [-0.39, 0.29) is 6.54 Å². The molecular weight excluding hydrogens is 254 g/mol. The molecule has 0 atom stereocenters. The van der Waals surface area contributed by atoms with Crippen molar-refractivity contribution in [1.29, 1.82) is 0 Å². The Kier molecular flexibility index (Phi) is 5.12. The molecule has 1 aliphatic rings. The molecule has 1 saturated heterocycles. The Bertz CT molecular complexity index is 308. The van der Waals surface area contributed by atoms with E-state index >= 15 is 0 Å². The van der Waals surface area contributed by atoms with Gasteiger partial charge >= 0.3 is 6.09 Å². The number of amides is 1. The SMILES string of the molecule is CNCC(F)(F)C1CCN(C(=O)OC(C)(C)C)CC1. The lowest BCUT2D eigenvalue weighted by Crippen LogP contribution is -2.47. The van der Waals surface area contributed by atoms with E-state index in [1.807, 2.05) is 0 Å². The minimum Gasteiger partial charge on any atom is -0.444 e. The van der Waals surface area contributed by atoms with Crippen molar-refractivity contribution < 1.29 is 18.3 Å². The van der Waals surface area contributed by atoms with Gasteiger partial charge in [0.25, 0.3) is 5.92 Å². The zero-order valence-corrected chi connectivity index (χ0v) is 12.1. The van der Waals surface area contributed by atoms with Crippen LogP contribution in [0.25, 0.3) is 0 Å². The summed E-state index contributed by atoms with van der Waals surface area (Å²) in [6, 6.07) is 0. The number of halogens is 2. The molecule has 0 unspecified atom stereocenters. The van der Waals surface area contributed by atoms with Crippen molar-refractivity contribution in [3.05, 3.63) is 0 Å². The molecule has 0 spiro atoms. The number of nitrogens with zero attached hydrogens (tertiary/aromatic N) is 1. The van der Waals surface area contributed by atoms with Gasteiger partial charge in [-0.15, -0.1) is 0 Å². The number of rotatable bonds is 3. The van der Waals surface area contributed by atoms with Gasteiger partial charge in [-0.2, -0.15) is 0 Å². The van der Waals surface area contributed by atoms with Crippen molar-refractivity contribution in [1.82, 2.24) is 10.2 Å². The van der Waals surface area contributed by atoms with Crippen LogP contribution in [0.1, 0.15) is 33.6 Å². The molecule has 1 amide bonds. The molecule has 112 valence electrons. The van der Waals surface area contributed by atoms with Crippen LogP contribution in [0.2, 0.25) is 0 Å². The van der Waals surface area contributed by atoms with E-state index in [1.54, 1.807) is 20.8 Å². The van der Waals surface area contributed by atoms with Crippen molar-refractivity contribution >= 4 is 6.09 Å². The molecule has 0 saturated carbocycles. The largest absolute Gasteiger partial charge is 0.444 e. The predicted octanol–water partition coefficient (Wildman–Crippen LogP) is 2.49. The van der Waals surface area contributed by atoms with Crippen molar-refractivity contribution in [3.8, 4) is 0 Å². The average molecular weight is 278 g/mol. The van der Waals surface area contributed by atoms with Crippen LogP contribution in [-0.2, 0) is 4.74 Å². The van der Waals surface area contributed by atoms with Gasteiger partial charge in [-0.05, 0) is 40.7 Å². The maximum Gasteiger partial charge on any atom is 0.410 e. The summed E-state index contributed by atoms with van der Waals surface area (Å²) in [7, 11) is 1.52. The van der Waals surface area contributed by atoms with Gasteiger partial charge in [-0.3, -0.25) is 0 Å². The van der Waals surface area contributed by atoms with E-state index in [2.05, 4.69) is 5.32 Å². The summed E-state index contributed by atoms with van der Waals surface area (Å²) in [5.74, 6) is -3.38. The molecule has 1 N–H and O–H groups in total. The van der Waals surface area contributed by atoms with Crippen LogP contribution in [0.5, 0.6) is 0 Å². The summed E-state index contributed by atoms with van der Waals surface area (Å²) >= 11 is 0. The van der Waals surface area contributed by atoms with Crippen LogP contribution in [0.15, 0.2) is 0 Å². The summed E-state index contributed by atoms with van der Waals surface area (Å²) in [6.07, 6.45) is 0.213. The van der Waals surface area contributed by atoms with E-state index in [1.165, 1.54) is 11.9 Å². The molecule has 0 radical (unpaired) electrons. The third kappa shape index (κ3) is 4.93. The molecule has 0 aromatic heterocycles. The second-order valence-electron chi connectivity index (χ2n) is 6.03. The Hall–Kier alpha value is -0.910. The van der Waals surface area contributed by atoms with Crippen LogP contribution in [0.3, 0.4) is 0 Å². The monoisotopic (exact) mass is 278 g/mol. The second kappa shape index (κ2) is 6.03. The van der Waals surface area contributed by atoms with Crippen LogP contribution < -0.4 is 5.32 Å². The molecule has 4 nitrogen and oxygen atoms in total. The van der Waals surface area contributed by atoms with Gasteiger partial charge in [0.05, 0.1) is 6.54 Å². The summed E-state index contributed by atoms with van der Waals surface area (Å²) in [6.45, 7) is 5.72. The minimum atomic E-state index is -2.71. The van der Waals surface area contributed by atoms with Crippen LogP contribution in [0, 0.1) is 5.92 Å². The first-order valence-corrected chi connectivity index (χ1v) is 6.66. The third-order valence-electron chi connectivity index (χ3n) is 3.16. The smallest absolute Gasteiger partial charge is 0.410 e. The van der Waals surface area contributed by atoms with Crippen molar-refractivity contribution in [2.24, 2.45) is 5.92 Å². The first kappa shape index (κ1) is 16.1. The van der Waals surface area contributed by atoms with E-state index in [9.17, 15) is 13.6 Å². The number of nitrogens with one attached hydrogen (secondary N) is 1. The van der Waals surface area contributed by atoms with E-state index in [0.29, 0.717) is 25.9 Å². The Morgan fingerprint density at radius 3 is 2.26 bits per heavy atom. The van der Waals surface area contributed by atoms with Gasteiger partial charge in [-0.1, -0.05) is 0 Å². The Morgan fingerprint density at radius 1 is 1.32 bits per heavy atom. The number of carbonyl (C=O) groups is 1. The van der Waals surface area contributed by atoms with Crippen molar-refractivity contribution in [2.75, 3.05) is 26.7 Å². The number of carbonyl (C=O) groups excluding carboxylic acids is 1. The van der Waals surface area contributed by atoms with Crippen LogP contribution >= 0.6 is 0 Å². The van der Waals surface area contributed by atoms with Gasteiger partial charge in [0.15, 0.2) is 0 Å². The number of likely N-dealkylation sites (tertiary alicyclic amines) is 1. The maximum absolute atomic E-state index is 13.7. The lowest BCUT2D eigenvalue weighted by molar-refractivity contribution is -0.0761. The second-order valence-corrected chi connectivity index (χ2v) is 6.03. The molecule has 1 fully saturated rings. The summed E-state index contributed by atoms with van der Waals surface area (Å²) in [4.78, 5) is 13.3. The number of alkyl halides is 2. The zero-order chi connectivity index (χ0) is 14.7.